The maximum atomic E-state index is 2.73. The van der Waals surface area contributed by atoms with E-state index in [1.165, 1.54) is 88.8 Å². The van der Waals surface area contributed by atoms with Crippen LogP contribution in [0.15, 0.2) is 24.3 Å². The molecule has 0 saturated carbocycles. The third-order valence-corrected chi connectivity index (χ3v) is 5.79. The molecule has 0 aliphatic carbocycles. The van der Waals surface area contributed by atoms with Gasteiger partial charge in [0, 0.05) is 6.54 Å². The fraction of sp³-hybridized carbons (Fsp3) is 0.714. The molecule has 2 nitrogen and oxygen atoms in total. The Balaban J connectivity index is 1.35. The average Bonchev–Trinajstić information content (AvgIpc) is 2.85. The van der Waals surface area contributed by atoms with E-state index in [1.54, 1.807) is 0 Å². The van der Waals surface area contributed by atoms with E-state index in [2.05, 4.69) is 41.0 Å². The number of likely N-dealkylation sites (tertiary alicyclic amines) is 2. The minimum atomic E-state index is 0.965. The fourth-order valence-electron chi connectivity index (χ4n) is 4.11. The topological polar surface area (TPSA) is 6.48 Å². The molecule has 2 fully saturated rings. The molecule has 0 aromatic heterocycles. The summed E-state index contributed by atoms with van der Waals surface area (Å²) in [6, 6.07) is 9.06. The van der Waals surface area contributed by atoms with Gasteiger partial charge in [0.15, 0.2) is 0 Å². The molecule has 0 amide bonds. The van der Waals surface area contributed by atoms with E-state index < -0.39 is 0 Å². The normalized spacial score (nSPS) is 22.1. The highest BCUT2D eigenvalue weighted by Gasteiger charge is 2.20. The first-order valence-corrected chi connectivity index (χ1v) is 9.80. The minimum absolute atomic E-state index is 0.965. The predicted molar refractivity (Wildman–Crippen MR) is 98.7 cm³/mol. The second kappa shape index (κ2) is 8.84. The van der Waals surface area contributed by atoms with Gasteiger partial charge in [-0.25, -0.2) is 0 Å². The lowest BCUT2D eigenvalue weighted by molar-refractivity contribution is 0.159. The van der Waals surface area contributed by atoms with Crippen LogP contribution in [-0.2, 0) is 6.54 Å². The standard InChI is InChI=1S/C21H34N2/c1-19-6-8-21(9-7-19)18-23-16-11-20(12-17-23)10-15-22-13-4-2-3-5-14-22/h6-9,20H,2-5,10-18H2,1H3. The number of nitrogens with zero attached hydrogens (tertiary/aromatic N) is 2. The summed E-state index contributed by atoms with van der Waals surface area (Å²) < 4.78 is 0. The third-order valence-electron chi connectivity index (χ3n) is 5.79. The minimum Gasteiger partial charge on any atom is -0.303 e. The van der Waals surface area contributed by atoms with Gasteiger partial charge in [-0.3, -0.25) is 4.90 Å². The number of piperidine rings is 1. The van der Waals surface area contributed by atoms with Crippen molar-refractivity contribution < 1.29 is 0 Å². The highest BCUT2D eigenvalue weighted by atomic mass is 15.1. The van der Waals surface area contributed by atoms with E-state index in [-0.39, 0.29) is 0 Å². The van der Waals surface area contributed by atoms with Gasteiger partial charge in [0.2, 0.25) is 0 Å². The lowest BCUT2D eigenvalue weighted by Gasteiger charge is -2.33. The van der Waals surface area contributed by atoms with Gasteiger partial charge >= 0.3 is 0 Å². The molecular weight excluding hydrogens is 280 g/mol. The van der Waals surface area contributed by atoms with Crippen molar-refractivity contribution in [2.45, 2.75) is 58.4 Å². The molecule has 0 radical (unpaired) electrons. The molecule has 2 aliphatic heterocycles. The summed E-state index contributed by atoms with van der Waals surface area (Å²) in [6.45, 7) is 9.94. The molecule has 2 aliphatic rings. The molecule has 1 aromatic carbocycles. The Morgan fingerprint density at radius 1 is 0.826 bits per heavy atom. The lowest BCUT2D eigenvalue weighted by Crippen LogP contribution is -2.35. The molecule has 2 saturated heterocycles. The second-order valence-corrected chi connectivity index (χ2v) is 7.75. The van der Waals surface area contributed by atoms with Crippen LogP contribution in [0.4, 0.5) is 0 Å². The van der Waals surface area contributed by atoms with E-state index in [4.69, 9.17) is 0 Å². The summed E-state index contributed by atoms with van der Waals surface area (Å²) >= 11 is 0. The highest BCUT2D eigenvalue weighted by molar-refractivity contribution is 5.21. The molecule has 2 heteroatoms. The third kappa shape index (κ3) is 5.61. The highest BCUT2D eigenvalue weighted by Crippen LogP contribution is 2.23. The Morgan fingerprint density at radius 3 is 2.13 bits per heavy atom. The van der Waals surface area contributed by atoms with Crippen molar-refractivity contribution in [1.82, 2.24) is 9.80 Å². The Hall–Kier alpha value is -0.860. The molecule has 0 unspecified atom stereocenters. The molecule has 23 heavy (non-hydrogen) atoms. The van der Waals surface area contributed by atoms with Crippen LogP contribution in [0.1, 0.15) is 56.1 Å². The van der Waals surface area contributed by atoms with E-state index in [0.717, 1.165) is 12.5 Å². The van der Waals surface area contributed by atoms with E-state index >= 15 is 0 Å². The smallest absolute Gasteiger partial charge is 0.0233 e. The summed E-state index contributed by atoms with van der Waals surface area (Å²) in [5.41, 5.74) is 2.83. The van der Waals surface area contributed by atoms with Gasteiger partial charge < -0.3 is 4.90 Å². The SMILES string of the molecule is Cc1ccc(CN2CCC(CCN3CCCCCC3)CC2)cc1. The van der Waals surface area contributed by atoms with Crippen LogP contribution in [0.5, 0.6) is 0 Å². The summed E-state index contributed by atoms with van der Waals surface area (Å²) in [5.74, 6) is 0.965. The van der Waals surface area contributed by atoms with Crippen LogP contribution in [0, 0.1) is 12.8 Å². The van der Waals surface area contributed by atoms with Gasteiger partial charge in [0.1, 0.15) is 0 Å². The molecular formula is C21H34N2. The monoisotopic (exact) mass is 314 g/mol. The van der Waals surface area contributed by atoms with Gasteiger partial charge in [0.25, 0.3) is 0 Å². The Labute approximate surface area is 142 Å². The van der Waals surface area contributed by atoms with Crippen LogP contribution in [0.3, 0.4) is 0 Å². The van der Waals surface area contributed by atoms with E-state index in [9.17, 15) is 0 Å². The van der Waals surface area contributed by atoms with Crippen molar-refractivity contribution in [3.63, 3.8) is 0 Å². The summed E-state index contributed by atoms with van der Waals surface area (Å²) in [5, 5.41) is 0. The number of rotatable bonds is 5. The molecule has 128 valence electrons. The molecule has 0 bridgehead atoms. The number of hydrogen-bond acceptors (Lipinski definition) is 2. The second-order valence-electron chi connectivity index (χ2n) is 7.75. The molecule has 0 N–H and O–H groups in total. The van der Waals surface area contributed by atoms with Crippen molar-refractivity contribution in [2.75, 3.05) is 32.7 Å². The van der Waals surface area contributed by atoms with Gasteiger partial charge in [-0.2, -0.15) is 0 Å². The zero-order chi connectivity index (χ0) is 15.9. The van der Waals surface area contributed by atoms with Crippen LogP contribution in [0.25, 0.3) is 0 Å². The van der Waals surface area contributed by atoms with Gasteiger partial charge in [-0.15, -0.1) is 0 Å². The zero-order valence-electron chi connectivity index (χ0n) is 15.0. The van der Waals surface area contributed by atoms with E-state index in [0.29, 0.717) is 0 Å². The van der Waals surface area contributed by atoms with Crippen molar-refractivity contribution >= 4 is 0 Å². The van der Waals surface area contributed by atoms with Crippen LogP contribution in [-0.4, -0.2) is 42.5 Å². The average molecular weight is 315 g/mol. The number of aryl methyl sites for hydroxylation is 1. The number of benzene rings is 1. The quantitative estimate of drug-likeness (QED) is 0.791. The van der Waals surface area contributed by atoms with E-state index in [1.807, 2.05) is 0 Å². The first-order chi connectivity index (χ1) is 11.3. The Morgan fingerprint density at radius 2 is 1.48 bits per heavy atom. The lowest BCUT2D eigenvalue weighted by atomic mass is 9.93. The zero-order valence-corrected chi connectivity index (χ0v) is 15.0. The first-order valence-electron chi connectivity index (χ1n) is 9.80. The summed E-state index contributed by atoms with van der Waals surface area (Å²) in [6.07, 6.45) is 9.99. The molecule has 3 rings (SSSR count). The molecule has 0 spiro atoms. The maximum Gasteiger partial charge on any atom is 0.0233 e. The largest absolute Gasteiger partial charge is 0.303 e. The van der Waals surface area contributed by atoms with Crippen LogP contribution in [0.2, 0.25) is 0 Å². The van der Waals surface area contributed by atoms with Crippen LogP contribution >= 0.6 is 0 Å². The van der Waals surface area contributed by atoms with Crippen molar-refractivity contribution in [3.05, 3.63) is 35.4 Å². The summed E-state index contributed by atoms with van der Waals surface area (Å²) in [7, 11) is 0. The van der Waals surface area contributed by atoms with Crippen molar-refractivity contribution in [2.24, 2.45) is 5.92 Å². The Bertz CT molecular complexity index is 437. The fourth-order valence-corrected chi connectivity index (χ4v) is 4.11. The van der Waals surface area contributed by atoms with Crippen molar-refractivity contribution in [1.29, 1.82) is 0 Å². The predicted octanol–water partition coefficient (Wildman–Crippen LogP) is 4.47. The molecule has 0 atom stereocenters. The van der Waals surface area contributed by atoms with Gasteiger partial charge in [-0.05, 0) is 83.2 Å². The van der Waals surface area contributed by atoms with Gasteiger partial charge in [-0.1, -0.05) is 42.7 Å². The number of hydrogen-bond donors (Lipinski definition) is 0. The maximum absolute atomic E-state index is 2.73. The molecule has 1 aromatic rings. The van der Waals surface area contributed by atoms with Gasteiger partial charge in [0.05, 0.1) is 0 Å². The summed E-state index contributed by atoms with van der Waals surface area (Å²) in [4.78, 5) is 5.37. The Kier molecular flexibility index (Phi) is 6.53. The molecule has 2 heterocycles. The van der Waals surface area contributed by atoms with Crippen LogP contribution < -0.4 is 0 Å². The van der Waals surface area contributed by atoms with Crippen molar-refractivity contribution in [3.8, 4) is 0 Å². The first kappa shape index (κ1) is 17.0.